The van der Waals surface area contributed by atoms with Gasteiger partial charge in [0, 0.05) is 13.2 Å². The van der Waals surface area contributed by atoms with E-state index in [0.717, 1.165) is 13.2 Å². The highest BCUT2D eigenvalue weighted by molar-refractivity contribution is 5.85. The SMILES string of the molecule is CCCCCCCCCCCCOC(CN1CCCCC1)c1ccccc1.Cl. The molecule has 0 aromatic heterocycles. The molecule has 1 unspecified atom stereocenters. The van der Waals surface area contributed by atoms with E-state index in [9.17, 15) is 0 Å². The zero-order chi connectivity index (χ0) is 19.0. The molecule has 0 aliphatic carbocycles. The van der Waals surface area contributed by atoms with Crippen molar-refractivity contribution < 1.29 is 4.74 Å². The molecule has 28 heavy (non-hydrogen) atoms. The van der Waals surface area contributed by atoms with Crippen molar-refractivity contribution in [2.24, 2.45) is 0 Å². The lowest BCUT2D eigenvalue weighted by molar-refractivity contribution is 0.0186. The van der Waals surface area contributed by atoms with E-state index < -0.39 is 0 Å². The Morgan fingerprint density at radius 2 is 1.36 bits per heavy atom. The standard InChI is InChI=1S/C25H43NO.ClH/c1-2-3-4-5-6-7-8-9-10-17-22-27-25(24-18-13-11-14-19-24)23-26-20-15-12-16-21-26;/h11,13-14,18-19,25H,2-10,12,15-17,20-23H2,1H3;1H. The van der Waals surface area contributed by atoms with Gasteiger partial charge in [-0.2, -0.15) is 0 Å². The number of piperidine rings is 1. The second-order valence-corrected chi connectivity index (χ2v) is 8.31. The Bertz CT molecular complexity index is 447. The molecule has 1 atom stereocenters. The molecule has 2 rings (SSSR count). The molecule has 2 nitrogen and oxygen atoms in total. The minimum Gasteiger partial charge on any atom is -0.372 e. The summed E-state index contributed by atoms with van der Waals surface area (Å²) in [4.78, 5) is 2.60. The molecule has 1 fully saturated rings. The summed E-state index contributed by atoms with van der Waals surface area (Å²) in [5.74, 6) is 0. The first kappa shape index (κ1) is 25.5. The fourth-order valence-corrected chi connectivity index (χ4v) is 4.11. The van der Waals surface area contributed by atoms with E-state index in [-0.39, 0.29) is 18.5 Å². The number of hydrogen-bond acceptors (Lipinski definition) is 2. The molecule has 0 saturated carbocycles. The van der Waals surface area contributed by atoms with Gasteiger partial charge in [-0.1, -0.05) is 101 Å². The summed E-state index contributed by atoms with van der Waals surface area (Å²) in [5, 5.41) is 0. The molecule has 1 aromatic rings. The highest BCUT2D eigenvalue weighted by atomic mass is 35.5. The van der Waals surface area contributed by atoms with Gasteiger partial charge >= 0.3 is 0 Å². The highest BCUT2D eigenvalue weighted by Crippen LogP contribution is 2.21. The Kier molecular flexibility index (Phi) is 15.7. The molecular formula is C25H44ClNO. The monoisotopic (exact) mass is 409 g/mol. The summed E-state index contributed by atoms with van der Waals surface area (Å²) >= 11 is 0. The van der Waals surface area contributed by atoms with E-state index in [0.29, 0.717) is 0 Å². The molecule has 1 aliphatic rings. The molecule has 162 valence electrons. The summed E-state index contributed by atoms with van der Waals surface area (Å²) in [5.41, 5.74) is 1.34. The van der Waals surface area contributed by atoms with Gasteiger partial charge in [-0.05, 0) is 37.9 Å². The highest BCUT2D eigenvalue weighted by Gasteiger charge is 2.18. The van der Waals surface area contributed by atoms with Gasteiger partial charge in [0.05, 0.1) is 6.10 Å². The normalized spacial score (nSPS) is 15.9. The number of nitrogens with zero attached hydrogens (tertiary/aromatic N) is 1. The molecule has 1 aliphatic heterocycles. The molecule has 1 aromatic carbocycles. The number of ether oxygens (including phenoxy) is 1. The molecule has 3 heteroatoms. The zero-order valence-corrected chi connectivity index (χ0v) is 19.1. The Balaban J connectivity index is 0.00000392. The van der Waals surface area contributed by atoms with Crippen LogP contribution in [0.2, 0.25) is 0 Å². The minimum absolute atomic E-state index is 0. The molecule has 0 bridgehead atoms. The van der Waals surface area contributed by atoms with E-state index in [4.69, 9.17) is 4.74 Å². The van der Waals surface area contributed by atoms with Crippen LogP contribution in [0, 0.1) is 0 Å². The average molecular weight is 410 g/mol. The molecule has 0 N–H and O–H groups in total. The second kappa shape index (κ2) is 17.3. The van der Waals surface area contributed by atoms with Crippen LogP contribution in [0.1, 0.15) is 102 Å². The van der Waals surface area contributed by atoms with E-state index in [1.165, 1.54) is 102 Å². The van der Waals surface area contributed by atoms with E-state index in [1.807, 2.05) is 0 Å². The summed E-state index contributed by atoms with van der Waals surface area (Å²) in [6, 6.07) is 10.8. The van der Waals surface area contributed by atoms with Crippen molar-refractivity contribution in [2.45, 2.75) is 96.5 Å². The maximum Gasteiger partial charge on any atom is 0.0951 e. The van der Waals surface area contributed by atoms with E-state index >= 15 is 0 Å². The summed E-state index contributed by atoms with van der Waals surface area (Å²) in [6.07, 6.45) is 18.1. The largest absolute Gasteiger partial charge is 0.372 e. The van der Waals surface area contributed by atoms with Crippen molar-refractivity contribution in [2.75, 3.05) is 26.2 Å². The van der Waals surface area contributed by atoms with E-state index in [1.54, 1.807) is 0 Å². The molecule has 1 saturated heterocycles. The first-order valence-electron chi connectivity index (χ1n) is 11.8. The third kappa shape index (κ3) is 11.4. The van der Waals surface area contributed by atoms with Gasteiger partial charge < -0.3 is 9.64 Å². The van der Waals surface area contributed by atoms with Crippen LogP contribution in [0.25, 0.3) is 0 Å². The quantitative estimate of drug-likeness (QED) is 0.277. The van der Waals surface area contributed by atoms with Crippen LogP contribution in [-0.4, -0.2) is 31.1 Å². The van der Waals surface area contributed by atoms with Crippen LogP contribution in [0.3, 0.4) is 0 Å². The van der Waals surface area contributed by atoms with Gasteiger partial charge in [0.1, 0.15) is 0 Å². The van der Waals surface area contributed by atoms with Gasteiger partial charge in [0.25, 0.3) is 0 Å². The van der Waals surface area contributed by atoms with Crippen molar-refractivity contribution in [1.82, 2.24) is 4.90 Å². The topological polar surface area (TPSA) is 12.5 Å². The van der Waals surface area contributed by atoms with Crippen LogP contribution in [0.4, 0.5) is 0 Å². The maximum atomic E-state index is 6.36. The Morgan fingerprint density at radius 1 is 0.786 bits per heavy atom. The first-order valence-corrected chi connectivity index (χ1v) is 11.8. The fourth-order valence-electron chi connectivity index (χ4n) is 4.11. The molecule has 1 heterocycles. The molecule has 0 spiro atoms. The number of benzene rings is 1. The second-order valence-electron chi connectivity index (χ2n) is 8.31. The third-order valence-corrected chi connectivity index (χ3v) is 5.86. The van der Waals surface area contributed by atoms with Gasteiger partial charge in [-0.25, -0.2) is 0 Å². The molecular weight excluding hydrogens is 366 g/mol. The lowest BCUT2D eigenvalue weighted by Gasteiger charge is -2.30. The van der Waals surface area contributed by atoms with Crippen molar-refractivity contribution in [3.63, 3.8) is 0 Å². The van der Waals surface area contributed by atoms with Crippen molar-refractivity contribution in [1.29, 1.82) is 0 Å². The van der Waals surface area contributed by atoms with Crippen molar-refractivity contribution in [3.05, 3.63) is 35.9 Å². The van der Waals surface area contributed by atoms with Gasteiger partial charge in [0.15, 0.2) is 0 Å². The number of unbranched alkanes of at least 4 members (excludes halogenated alkanes) is 9. The van der Waals surface area contributed by atoms with Crippen LogP contribution >= 0.6 is 12.4 Å². The minimum atomic E-state index is 0. The summed E-state index contributed by atoms with van der Waals surface area (Å²) in [7, 11) is 0. The lowest BCUT2D eigenvalue weighted by Crippen LogP contribution is -2.34. The van der Waals surface area contributed by atoms with Crippen molar-refractivity contribution in [3.8, 4) is 0 Å². The van der Waals surface area contributed by atoms with Crippen molar-refractivity contribution >= 4 is 12.4 Å². The number of halogens is 1. The molecule has 0 radical (unpaired) electrons. The smallest absolute Gasteiger partial charge is 0.0951 e. The average Bonchev–Trinajstić information content (AvgIpc) is 2.72. The third-order valence-electron chi connectivity index (χ3n) is 5.86. The number of hydrogen-bond donors (Lipinski definition) is 0. The predicted molar refractivity (Wildman–Crippen MR) is 125 cm³/mol. The van der Waals surface area contributed by atoms with Crippen LogP contribution in [-0.2, 0) is 4.74 Å². The van der Waals surface area contributed by atoms with Gasteiger partial charge in [-0.3, -0.25) is 0 Å². The van der Waals surface area contributed by atoms with Crippen LogP contribution in [0.15, 0.2) is 30.3 Å². The first-order chi connectivity index (χ1) is 13.4. The predicted octanol–water partition coefficient (Wildman–Crippen LogP) is 7.57. The number of likely N-dealkylation sites (tertiary alicyclic amines) is 1. The van der Waals surface area contributed by atoms with Crippen LogP contribution < -0.4 is 0 Å². The Morgan fingerprint density at radius 3 is 1.96 bits per heavy atom. The van der Waals surface area contributed by atoms with Gasteiger partial charge in [-0.15, -0.1) is 12.4 Å². The maximum absolute atomic E-state index is 6.36. The van der Waals surface area contributed by atoms with Crippen LogP contribution in [0.5, 0.6) is 0 Å². The zero-order valence-electron chi connectivity index (χ0n) is 18.2. The van der Waals surface area contributed by atoms with Gasteiger partial charge in [0.2, 0.25) is 0 Å². The molecule has 0 amide bonds. The summed E-state index contributed by atoms with van der Waals surface area (Å²) in [6.45, 7) is 6.73. The Hall–Kier alpha value is -0.570. The number of rotatable bonds is 15. The Labute approximate surface area is 180 Å². The fraction of sp³-hybridized carbons (Fsp3) is 0.760. The van der Waals surface area contributed by atoms with E-state index in [2.05, 4.69) is 42.2 Å². The summed E-state index contributed by atoms with van der Waals surface area (Å²) < 4.78 is 6.36. The lowest BCUT2D eigenvalue weighted by atomic mass is 10.1.